The van der Waals surface area contributed by atoms with Gasteiger partial charge in [-0.05, 0) is 37.1 Å². The zero-order valence-corrected chi connectivity index (χ0v) is 11.6. The zero-order valence-electron chi connectivity index (χ0n) is 10.8. The second-order valence-electron chi connectivity index (χ2n) is 4.94. The number of benzene rings is 1. The maximum atomic E-state index is 11.9. The number of rotatable bonds is 3. The first-order valence-electron chi connectivity index (χ1n) is 6.63. The number of nitrogens with zero attached hydrogens (tertiary/aromatic N) is 2. The van der Waals surface area contributed by atoms with E-state index in [-0.39, 0.29) is 11.8 Å². The minimum atomic E-state index is 0.107. The van der Waals surface area contributed by atoms with Crippen LogP contribution in [0.5, 0.6) is 0 Å². The first-order chi connectivity index (χ1) is 9.72. The van der Waals surface area contributed by atoms with Gasteiger partial charge >= 0.3 is 0 Å². The van der Waals surface area contributed by atoms with Crippen LogP contribution in [-0.4, -0.2) is 16.1 Å². The van der Waals surface area contributed by atoms with Gasteiger partial charge in [0, 0.05) is 17.2 Å². The zero-order chi connectivity index (χ0) is 13.9. The molecule has 1 fully saturated rings. The number of carbonyl (C=O) groups is 1. The summed E-state index contributed by atoms with van der Waals surface area (Å²) in [5, 5.41) is 11.2. The highest BCUT2D eigenvalue weighted by molar-refractivity contribution is 6.29. The molecule has 1 aliphatic carbocycles. The molecule has 20 heavy (non-hydrogen) atoms. The molecule has 0 radical (unpaired) electrons. The molecule has 0 aliphatic heterocycles. The molecule has 1 saturated carbocycles. The topological polar surface area (TPSA) is 54.9 Å². The fraction of sp³-hybridized carbons (Fsp3) is 0.267. The van der Waals surface area contributed by atoms with Crippen molar-refractivity contribution >= 4 is 23.2 Å². The molecule has 1 amide bonds. The Kier molecular flexibility index (Phi) is 3.65. The third-order valence-electron chi connectivity index (χ3n) is 3.53. The van der Waals surface area contributed by atoms with Crippen LogP contribution >= 0.6 is 11.6 Å². The number of carbonyl (C=O) groups excluding carboxylic acids is 1. The van der Waals surface area contributed by atoms with Gasteiger partial charge in [-0.2, -0.15) is 0 Å². The maximum absolute atomic E-state index is 11.9. The minimum Gasteiger partial charge on any atom is -0.326 e. The molecule has 0 unspecified atom stereocenters. The van der Waals surface area contributed by atoms with Gasteiger partial charge in [0.2, 0.25) is 5.91 Å². The lowest BCUT2D eigenvalue weighted by Gasteiger charge is -2.24. The molecule has 4 nitrogen and oxygen atoms in total. The van der Waals surface area contributed by atoms with E-state index in [0.717, 1.165) is 36.2 Å². The summed E-state index contributed by atoms with van der Waals surface area (Å²) in [5.41, 5.74) is 2.42. The molecule has 0 spiro atoms. The third kappa shape index (κ3) is 2.80. The first kappa shape index (κ1) is 13.1. The predicted octanol–water partition coefficient (Wildman–Crippen LogP) is 3.54. The molecule has 1 aliphatic rings. The molecule has 0 saturated heterocycles. The first-order valence-corrected chi connectivity index (χ1v) is 7.01. The van der Waals surface area contributed by atoms with E-state index in [1.54, 1.807) is 6.07 Å². The standard InChI is InChI=1S/C15H14ClN3O/c16-14-8-7-13(18-19-14)11-5-2-6-12(9-11)17-15(20)10-3-1-4-10/h2,5-10H,1,3-4H2,(H,17,20). The van der Waals surface area contributed by atoms with Crippen molar-refractivity contribution in [2.24, 2.45) is 5.92 Å². The average molecular weight is 288 g/mol. The lowest BCUT2D eigenvalue weighted by atomic mass is 9.85. The van der Waals surface area contributed by atoms with Gasteiger partial charge in [0.15, 0.2) is 5.15 Å². The van der Waals surface area contributed by atoms with Crippen LogP contribution < -0.4 is 5.32 Å². The van der Waals surface area contributed by atoms with Crippen LogP contribution in [0.4, 0.5) is 5.69 Å². The SMILES string of the molecule is O=C(Nc1cccc(-c2ccc(Cl)nn2)c1)C1CCC1. The normalized spacial score (nSPS) is 14.7. The largest absolute Gasteiger partial charge is 0.326 e. The molecule has 1 heterocycles. The van der Waals surface area contributed by atoms with Crippen LogP contribution in [0.1, 0.15) is 19.3 Å². The number of hydrogen-bond acceptors (Lipinski definition) is 3. The highest BCUT2D eigenvalue weighted by Gasteiger charge is 2.25. The van der Waals surface area contributed by atoms with Crippen molar-refractivity contribution in [2.45, 2.75) is 19.3 Å². The molecule has 0 atom stereocenters. The maximum Gasteiger partial charge on any atom is 0.227 e. The van der Waals surface area contributed by atoms with E-state index in [4.69, 9.17) is 11.6 Å². The lowest BCUT2D eigenvalue weighted by molar-refractivity contribution is -0.122. The minimum absolute atomic E-state index is 0.107. The third-order valence-corrected chi connectivity index (χ3v) is 3.74. The molecule has 2 aromatic rings. The van der Waals surface area contributed by atoms with Crippen molar-refractivity contribution < 1.29 is 4.79 Å². The molecule has 1 aromatic heterocycles. The second kappa shape index (κ2) is 5.59. The van der Waals surface area contributed by atoms with Crippen LogP contribution in [0.25, 0.3) is 11.3 Å². The van der Waals surface area contributed by atoms with Crippen molar-refractivity contribution in [3.05, 3.63) is 41.6 Å². The van der Waals surface area contributed by atoms with Gasteiger partial charge < -0.3 is 5.32 Å². The Hall–Kier alpha value is -1.94. The van der Waals surface area contributed by atoms with Gasteiger partial charge in [0.25, 0.3) is 0 Å². The molecule has 3 rings (SSSR count). The van der Waals surface area contributed by atoms with E-state index in [1.807, 2.05) is 30.3 Å². The van der Waals surface area contributed by atoms with Crippen LogP contribution in [0.3, 0.4) is 0 Å². The van der Waals surface area contributed by atoms with Crippen molar-refractivity contribution in [1.82, 2.24) is 10.2 Å². The van der Waals surface area contributed by atoms with Crippen LogP contribution in [0.2, 0.25) is 5.15 Å². The van der Waals surface area contributed by atoms with Crippen LogP contribution in [0.15, 0.2) is 36.4 Å². The molecule has 1 aromatic carbocycles. The van der Waals surface area contributed by atoms with Gasteiger partial charge in [-0.15, -0.1) is 10.2 Å². The fourth-order valence-corrected chi connectivity index (χ4v) is 2.24. The van der Waals surface area contributed by atoms with E-state index in [2.05, 4.69) is 15.5 Å². The van der Waals surface area contributed by atoms with Crippen molar-refractivity contribution in [3.63, 3.8) is 0 Å². The molecule has 0 bridgehead atoms. The van der Waals surface area contributed by atoms with Gasteiger partial charge in [0.1, 0.15) is 0 Å². The Labute approximate surface area is 122 Å². The lowest BCUT2D eigenvalue weighted by Crippen LogP contribution is -2.27. The van der Waals surface area contributed by atoms with Gasteiger partial charge in [-0.1, -0.05) is 30.2 Å². The molecule has 5 heteroatoms. The quantitative estimate of drug-likeness (QED) is 0.939. The van der Waals surface area contributed by atoms with E-state index < -0.39 is 0 Å². The van der Waals surface area contributed by atoms with Gasteiger partial charge in [-0.3, -0.25) is 4.79 Å². The molecule has 1 N–H and O–H groups in total. The molecular formula is C15H14ClN3O. The Bertz CT molecular complexity index is 623. The Morgan fingerprint density at radius 1 is 1.20 bits per heavy atom. The van der Waals surface area contributed by atoms with Crippen LogP contribution in [0, 0.1) is 5.92 Å². The summed E-state index contributed by atoms with van der Waals surface area (Å²) in [6, 6.07) is 11.1. The van der Waals surface area contributed by atoms with E-state index >= 15 is 0 Å². The summed E-state index contributed by atoms with van der Waals surface area (Å²) in [5.74, 6) is 0.282. The molecular weight excluding hydrogens is 274 g/mol. The predicted molar refractivity (Wildman–Crippen MR) is 78.4 cm³/mol. The average Bonchev–Trinajstić information content (AvgIpc) is 2.37. The molecule has 102 valence electrons. The fourth-order valence-electron chi connectivity index (χ4n) is 2.14. The van der Waals surface area contributed by atoms with E-state index in [0.29, 0.717) is 5.15 Å². The number of nitrogens with one attached hydrogen (secondary N) is 1. The van der Waals surface area contributed by atoms with E-state index in [1.165, 1.54) is 0 Å². The number of hydrogen-bond donors (Lipinski definition) is 1. The second-order valence-corrected chi connectivity index (χ2v) is 5.33. The summed E-state index contributed by atoms with van der Waals surface area (Å²) in [7, 11) is 0. The van der Waals surface area contributed by atoms with Crippen molar-refractivity contribution in [1.29, 1.82) is 0 Å². The Morgan fingerprint density at radius 2 is 2.05 bits per heavy atom. The van der Waals surface area contributed by atoms with Crippen LogP contribution in [-0.2, 0) is 4.79 Å². The summed E-state index contributed by atoms with van der Waals surface area (Å²) < 4.78 is 0. The number of anilines is 1. The highest BCUT2D eigenvalue weighted by Crippen LogP contribution is 2.28. The van der Waals surface area contributed by atoms with E-state index in [9.17, 15) is 4.79 Å². The number of amides is 1. The Balaban J connectivity index is 1.78. The monoisotopic (exact) mass is 287 g/mol. The number of halogens is 1. The smallest absolute Gasteiger partial charge is 0.227 e. The summed E-state index contributed by atoms with van der Waals surface area (Å²) in [4.78, 5) is 11.9. The van der Waals surface area contributed by atoms with Crippen molar-refractivity contribution in [3.8, 4) is 11.3 Å². The summed E-state index contributed by atoms with van der Waals surface area (Å²) >= 11 is 5.73. The summed E-state index contributed by atoms with van der Waals surface area (Å²) in [6.45, 7) is 0. The highest BCUT2D eigenvalue weighted by atomic mass is 35.5. The Morgan fingerprint density at radius 3 is 2.70 bits per heavy atom. The van der Waals surface area contributed by atoms with Gasteiger partial charge in [0.05, 0.1) is 5.69 Å². The van der Waals surface area contributed by atoms with Crippen molar-refractivity contribution in [2.75, 3.05) is 5.32 Å². The van der Waals surface area contributed by atoms with Gasteiger partial charge in [-0.25, -0.2) is 0 Å². The summed E-state index contributed by atoms with van der Waals surface area (Å²) in [6.07, 6.45) is 3.14. The number of aromatic nitrogens is 2.